The molecule has 0 spiro atoms. The van der Waals surface area contributed by atoms with Crippen molar-refractivity contribution >= 4 is 0 Å². The molecule has 0 unspecified atom stereocenters. The van der Waals surface area contributed by atoms with Gasteiger partial charge >= 0.3 is 6.18 Å². The molecule has 108 valence electrons. The van der Waals surface area contributed by atoms with Crippen molar-refractivity contribution in [3.8, 4) is 5.82 Å². The number of alkyl halides is 3. The van der Waals surface area contributed by atoms with Crippen molar-refractivity contribution in [2.24, 2.45) is 0 Å². The Morgan fingerprint density at radius 3 is 2.10 bits per heavy atom. The quantitative estimate of drug-likeness (QED) is 0.795. The van der Waals surface area contributed by atoms with Crippen LogP contribution < -0.4 is 0 Å². The van der Waals surface area contributed by atoms with Gasteiger partial charge in [0, 0.05) is 11.9 Å². The van der Waals surface area contributed by atoms with Gasteiger partial charge in [0.1, 0.15) is 0 Å². The van der Waals surface area contributed by atoms with Gasteiger partial charge in [-0.15, -0.1) is 0 Å². The Kier molecular flexibility index (Phi) is 3.36. The Labute approximate surface area is 115 Å². The molecule has 6 heteroatoms. The third kappa shape index (κ3) is 2.69. The number of aromatic nitrogens is 3. The third-order valence-electron chi connectivity index (χ3n) is 3.11. The van der Waals surface area contributed by atoms with Crippen LogP contribution in [0, 0.1) is 6.92 Å². The maximum Gasteiger partial charge on any atom is 0.417 e. The van der Waals surface area contributed by atoms with E-state index in [1.807, 2.05) is 6.92 Å². The summed E-state index contributed by atoms with van der Waals surface area (Å²) in [5.41, 5.74) is 1.08. The fourth-order valence-electron chi connectivity index (χ4n) is 2.06. The van der Waals surface area contributed by atoms with Crippen LogP contribution in [0.15, 0.2) is 24.5 Å². The van der Waals surface area contributed by atoms with E-state index in [9.17, 15) is 13.2 Å². The molecule has 2 aromatic rings. The predicted molar refractivity (Wildman–Crippen MR) is 69.8 cm³/mol. The van der Waals surface area contributed by atoms with Gasteiger partial charge in [0.05, 0.1) is 11.8 Å². The molecular weight excluding hydrogens is 267 g/mol. The van der Waals surface area contributed by atoms with Gasteiger partial charge < -0.3 is 0 Å². The number of pyridine rings is 1. The standard InChI is InChI=1S/C14H16F3N3/c1-9-11(13(2,3)4)8-19-20(9)12-6-5-10(7-18-12)14(15,16)17/h5-8H,1-4H3. The molecule has 2 aromatic heterocycles. The first-order valence-electron chi connectivity index (χ1n) is 6.19. The van der Waals surface area contributed by atoms with Gasteiger partial charge in [-0.05, 0) is 30.0 Å². The molecule has 0 amide bonds. The second-order valence-corrected chi connectivity index (χ2v) is 5.71. The maximum atomic E-state index is 12.5. The van der Waals surface area contributed by atoms with Crippen LogP contribution in [0.4, 0.5) is 13.2 Å². The predicted octanol–water partition coefficient (Wildman–Crippen LogP) is 3.89. The van der Waals surface area contributed by atoms with Crippen molar-refractivity contribution in [2.75, 3.05) is 0 Å². The maximum absolute atomic E-state index is 12.5. The van der Waals surface area contributed by atoms with Crippen molar-refractivity contribution in [1.29, 1.82) is 0 Å². The molecule has 0 aliphatic carbocycles. The second kappa shape index (κ2) is 4.61. The number of hydrogen-bond acceptors (Lipinski definition) is 2. The van der Waals surface area contributed by atoms with Crippen molar-refractivity contribution in [2.45, 2.75) is 39.3 Å². The van der Waals surface area contributed by atoms with Crippen LogP contribution in [-0.2, 0) is 11.6 Å². The summed E-state index contributed by atoms with van der Waals surface area (Å²) in [6.45, 7) is 8.05. The van der Waals surface area contributed by atoms with E-state index in [4.69, 9.17) is 0 Å². The van der Waals surface area contributed by atoms with E-state index in [0.29, 0.717) is 5.82 Å². The minimum absolute atomic E-state index is 0.0752. The first kappa shape index (κ1) is 14.6. The smallest absolute Gasteiger partial charge is 0.236 e. The van der Waals surface area contributed by atoms with E-state index in [2.05, 4.69) is 30.9 Å². The molecule has 2 heterocycles. The number of rotatable bonds is 1. The number of nitrogens with zero attached hydrogens (tertiary/aromatic N) is 3. The highest BCUT2D eigenvalue weighted by Gasteiger charge is 2.31. The van der Waals surface area contributed by atoms with Crippen LogP contribution in [0.25, 0.3) is 5.82 Å². The lowest BCUT2D eigenvalue weighted by molar-refractivity contribution is -0.137. The molecule has 2 rings (SSSR count). The van der Waals surface area contributed by atoms with Crippen molar-refractivity contribution in [3.63, 3.8) is 0 Å². The van der Waals surface area contributed by atoms with Gasteiger partial charge in [-0.1, -0.05) is 20.8 Å². The van der Waals surface area contributed by atoms with E-state index in [1.165, 1.54) is 6.07 Å². The molecule has 0 bridgehead atoms. The van der Waals surface area contributed by atoms with Crippen LogP contribution in [0.5, 0.6) is 0 Å². The van der Waals surface area contributed by atoms with Gasteiger partial charge in [0.25, 0.3) is 0 Å². The van der Waals surface area contributed by atoms with E-state index >= 15 is 0 Å². The molecule has 0 N–H and O–H groups in total. The lowest BCUT2D eigenvalue weighted by atomic mass is 9.88. The Bertz CT molecular complexity index is 604. The van der Waals surface area contributed by atoms with Gasteiger partial charge in [0.2, 0.25) is 0 Å². The fraction of sp³-hybridized carbons (Fsp3) is 0.429. The zero-order valence-corrected chi connectivity index (χ0v) is 11.8. The van der Waals surface area contributed by atoms with Crippen molar-refractivity contribution < 1.29 is 13.2 Å². The summed E-state index contributed by atoms with van der Waals surface area (Å²) in [4.78, 5) is 3.85. The fourth-order valence-corrected chi connectivity index (χ4v) is 2.06. The monoisotopic (exact) mass is 283 g/mol. The van der Waals surface area contributed by atoms with Crippen LogP contribution in [-0.4, -0.2) is 14.8 Å². The molecule has 3 nitrogen and oxygen atoms in total. The molecule has 0 atom stereocenters. The molecule has 0 aliphatic rings. The van der Waals surface area contributed by atoms with Crippen LogP contribution in [0.1, 0.15) is 37.6 Å². The van der Waals surface area contributed by atoms with Crippen LogP contribution in [0.2, 0.25) is 0 Å². The Morgan fingerprint density at radius 2 is 1.70 bits per heavy atom. The summed E-state index contributed by atoms with van der Waals surface area (Å²) in [5, 5.41) is 4.22. The summed E-state index contributed by atoms with van der Waals surface area (Å²) in [6, 6.07) is 2.34. The third-order valence-corrected chi connectivity index (χ3v) is 3.11. The van der Waals surface area contributed by atoms with Crippen molar-refractivity contribution in [1.82, 2.24) is 14.8 Å². The molecule has 0 saturated carbocycles. The summed E-state index contributed by atoms with van der Waals surface area (Å²) >= 11 is 0. The van der Waals surface area contributed by atoms with Crippen LogP contribution in [0.3, 0.4) is 0 Å². The Hall–Kier alpha value is -1.85. The summed E-state index contributed by atoms with van der Waals surface area (Å²) in [7, 11) is 0. The Balaban J connectivity index is 2.41. The highest BCUT2D eigenvalue weighted by molar-refractivity contribution is 5.33. The average Bonchev–Trinajstić information content (AvgIpc) is 2.70. The van der Waals surface area contributed by atoms with E-state index in [1.54, 1.807) is 10.9 Å². The average molecular weight is 283 g/mol. The zero-order chi connectivity index (χ0) is 15.1. The van der Waals surface area contributed by atoms with E-state index in [0.717, 1.165) is 23.5 Å². The first-order valence-corrected chi connectivity index (χ1v) is 6.19. The SMILES string of the molecule is Cc1c(C(C)(C)C)cnn1-c1ccc(C(F)(F)F)cn1. The molecule has 0 aliphatic heterocycles. The minimum Gasteiger partial charge on any atom is -0.236 e. The molecule has 0 fully saturated rings. The molecular formula is C14H16F3N3. The molecule has 20 heavy (non-hydrogen) atoms. The zero-order valence-electron chi connectivity index (χ0n) is 11.8. The van der Waals surface area contributed by atoms with Gasteiger partial charge in [-0.2, -0.15) is 18.3 Å². The largest absolute Gasteiger partial charge is 0.417 e. The summed E-state index contributed by atoms with van der Waals surface area (Å²) in [6.07, 6.45) is -1.82. The lowest BCUT2D eigenvalue weighted by Crippen LogP contribution is -2.13. The minimum atomic E-state index is -4.37. The van der Waals surface area contributed by atoms with Gasteiger partial charge in [0.15, 0.2) is 5.82 Å². The highest BCUT2D eigenvalue weighted by atomic mass is 19.4. The van der Waals surface area contributed by atoms with Gasteiger partial charge in [-0.25, -0.2) is 9.67 Å². The highest BCUT2D eigenvalue weighted by Crippen LogP contribution is 2.29. The van der Waals surface area contributed by atoms with Crippen molar-refractivity contribution in [3.05, 3.63) is 41.3 Å². The molecule has 0 radical (unpaired) electrons. The number of hydrogen-bond donors (Lipinski definition) is 0. The summed E-state index contributed by atoms with van der Waals surface area (Å²) < 4.78 is 39.1. The summed E-state index contributed by atoms with van der Waals surface area (Å²) in [5.74, 6) is 0.381. The lowest BCUT2D eigenvalue weighted by Gasteiger charge is -2.17. The first-order chi connectivity index (χ1) is 9.10. The molecule has 0 saturated heterocycles. The van der Waals surface area contributed by atoms with Crippen LogP contribution >= 0.6 is 0 Å². The molecule has 0 aromatic carbocycles. The van der Waals surface area contributed by atoms with Gasteiger partial charge in [-0.3, -0.25) is 0 Å². The van der Waals surface area contributed by atoms with E-state index < -0.39 is 11.7 Å². The van der Waals surface area contributed by atoms with E-state index in [-0.39, 0.29) is 5.41 Å². The number of halogens is 3. The topological polar surface area (TPSA) is 30.7 Å². The second-order valence-electron chi connectivity index (χ2n) is 5.71. The Morgan fingerprint density at radius 1 is 1.05 bits per heavy atom. The normalized spacial score (nSPS) is 12.8.